The minimum atomic E-state index is -3.63. The molecule has 1 aliphatic rings. The van der Waals surface area contributed by atoms with Gasteiger partial charge < -0.3 is 15.3 Å². The number of aromatic carboxylic acids is 1. The highest BCUT2D eigenvalue weighted by atomic mass is 32.2. The van der Waals surface area contributed by atoms with Crippen LogP contribution in [-0.4, -0.2) is 55.6 Å². The van der Waals surface area contributed by atoms with Crippen molar-refractivity contribution in [2.45, 2.75) is 31.6 Å². The van der Waals surface area contributed by atoms with Gasteiger partial charge in [0.15, 0.2) is 9.84 Å². The van der Waals surface area contributed by atoms with Crippen molar-refractivity contribution in [1.82, 2.24) is 4.90 Å². The number of anilines is 1. The van der Waals surface area contributed by atoms with Gasteiger partial charge >= 0.3 is 5.97 Å². The molecule has 27 heavy (non-hydrogen) atoms. The van der Waals surface area contributed by atoms with Crippen LogP contribution in [0.1, 0.15) is 37.0 Å². The second-order valence-electron chi connectivity index (χ2n) is 7.07. The van der Waals surface area contributed by atoms with E-state index in [1.807, 2.05) is 13.8 Å². The van der Waals surface area contributed by atoms with Crippen molar-refractivity contribution in [3.63, 3.8) is 0 Å². The van der Waals surface area contributed by atoms with Gasteiger partial charge in [0.25, 0.3) is 0 Å². The van der Waals surface area contributed by atoms with E-state index in [0.717, 1.165) is 12.3 Å². The Labute approximate surface area is 158 Å². The molecule has 0 atom stereocenters. The molecule has 2 N–H and O–H groups in total. The lowest BCUT2D eigenvalue weighted by Gasteiger charge is -2.32. The highest BCUT2D eigenvalue weighted by molar-refractivity contribution is 7.90. The SMILES string of the molecule is CC(C)C(=O)N1CCC(C(=O)Nc2cc(C(=O)O)cc(S(C)(=O)=O)c2)CC1. The fourth-order valence-electron chi connectivity index (χ4n) is 2.98. The highest BCUT2D eigenvalue weighted by Crippen LogP contribution is 2.23. The van der Waals surface area contributed by atoms with Crippen molar-refractivity contribution in [3.05, 3.63) is 23.8 Å². The largest absolute Gasteiger partial charge is 0.478 e. The van der Waals surface area contributed by atoms with E-state index < -0.39 is 15.8 Å². The van der Waals surface area contributed by atoms with Crippen LogP contribution in [0, 0.1) is 11.8 Å². The second kappa shape index (κ2) is 8.08. The van der Waals surface area contributed by atoms with Crippen molar-refractivity contribution in [2.75, 3.05) is 24.7 Å². The molecule has 0 bridgehead atoms. The van der Waals surface area contributed by atoms with Crippen LogP contribution in [0.15, 0.2) is 23.1 Å². The third-order valence-corrected chi connectivity index (χ3v) is 5.61. The second-order valence-corrected chi connectivity index (χ2v) is 9.08. The number of sulfone groups is 1. The first kappa shape index (κ1) is 20.9. The highest BCUT2D eigenvalue weighted by Gasteiger charge is 2.28. The van der Waals surface area contributed by atoms with Gasteiger partial charge in [-0.05, 0) is 31.0 Å². The maximum Gasteiger partial charge on any atom is 0.335 e. The maximum atomic E-state index is 12.5. The predicted molar refractivity (Wildman–Crippen MR) is 99.3 cm³/mol. The molecule has 1 aliphatic heterocycles. The molecule has 0 aromatic heterocycles. The molecule has 8 nitrogen and oxygen atoms in total. The molecule has 2 amide bonds. The van der Waals surface area contributed by atoms with Crippen LogP contribution in [0.4, 0.5) is 5.69 Å². The number of amides is 2. The van der Waals surface area contributed by atoms with Gasteiger partial charge in [-0.2, -0.15) is 0 Å². The lowest BCUT2D eigenvalue weighted by molar-refractivity contribution is -0.137. The molecule has 1 saturated heterocycles. The number of hydrogen-bond acceptors (Lipinski definition) is 5. The third-order valence-electron chi connectivity index (χ3n) is 4.52. The Morgan fingerprint density at radius 3 is 2.22 bits per heavy atom. The average molecular weight is 396 g/mol. The van der Waals surface area contributed by atoms with Crippen LogP contribution in [0.25, 0.3) is 0 Å². The lowest BCUT2D eigenvalue weighted by Crippen LogP contribution is -2.43. The first-order chi connectivity index (χ1) is 12.5. The van der Waals surface area contributed by atoms with E-state index in [4.69, 9.17) is 5.11 Å². The molecule has 2 rings (SSSR count). The van der Waals surface area contributed by atoms with E-state index in [9.17, 15) is 22.8 Å². The summed E-state index contributed by atoms with van der Waals surface area (Å²) in [6, 6.07) is 3.53. The van der Waals surface area contributed by atoms with E-state index in [1.165, 1.54) is 12.1 Å². The van der Waals surface area contributed by atoms with Crippen LogP contribution in [-0.2, 0) is 19.4 Å². The normalized spacial score (nSPS) is 15.6. The van der Waals surface area contributed by atoms with E-state index in [2.05, 4.69) is 5.32 Å². The number of carboxylic acid groups (broad SMARTS) is 1. The molecule has 0 radical (unpaired) electrons. The molecule has 1 heterocycles. The van der Waals surface area contributed by atoms with Crippen LogP contribution < -0.4 is 5.32 Å². The van der Waals surface area contributed by atoms with Crippen molar-refractivity contribution >= 4 is 33.3 Å². The van der Waals surface area contributed by atoms with Crippen LogP contribution in [0.2, 0.25) is 0 Å². The van der Waals surface area contributed by atoms with E-state index in [0.29, 0.717) is 25.9 Å². The summed E-state index contributed by atoms with van der Waals surface area (Å²) in [4.78, 5) is 37.3. The van der Waals surface area contributed by atoms with Gasteiger partial charge in [0.2, 0.25) is 11.8 Å². The third kappa shape index (κ3) is 5.29. The molecule has 1 aromatic rings. The Hall–Kier alpha value is -2.42. The van der Waals surface area contributed by atoms with Crippen molar-refractivity contribution in [2.24, 2.45) is 11.8 Å². The van der Waals surface area contributed by atoms with Crippen LogP contribution in [0.5, 0.6) is 0 Å². The Morgan fingerprint density at radius 1 is 1.15 bits per heavy atom. The summed E-state index contributed by atoms with van der Waals surface area (Å²) in [6.45, 7) is 4.63. The molecule has 0 saturated carbocycles. The maximum absolute atomic E-state index is 12.5. The smallest absolute Gasteiger partial charge is 0.335 e. The number of carboxylic acids is 1. The Morgan fingerprint density at radius 2 is 1.74 bits per heavy atom. The fraction of sp³-hybridized carbons (Fsp3) is 0.500. The predicted octanol–water partition coefficient (Wildman–Crippen LogP) is 1.62. The summed E-state index contributed by atoms with van der Waals surface area (Å²) in [5, 5.41) is 11.8. The number of benzene rings is 1. The number of nitrogens with one attached hydrogen (secondary N) is 1. The topological polar surface area (TPSA) is 121 Å². The summed E-state index contributed by atoms with van der Waals surface area (Å²) in [7, 11) is -3.63. The summed E-state index contributed by atoms with van der Waals surface area (Å²) >= 11 is 0. The van der Waals surface area contributed by atoms with Gasteiger partial charge in [0, 0.05) is 36.9 Å². The quantitative estimate of drug-likeness (QED) is 0.780. The number of carbonyl (C=O) groups excluding carboxylic acids is 2. The number of rotatable bonds is 5. The monoisotopic (exact) mass is 396 g/mol. The molecular formula is C18H24N2O6S. The van der Waals surface area contributed by atoms with Crippen molar-refractivity contribution in [1.29, 1.82) is 0 Å². The lowest BCUT2D eigenvalue weighted by atomic mass is 9.95. The fourth-order valence-corrected chi connectivity index (χ4v) is 3.66. The number of likely N-dealkylation sites (tertiary alicyclic amines) is 1. The van der Waals surface area contributed by atoms with E-state index in [-0.39, 0.29) is 39.8 Å². The minimum Gasteiger partial charge on any atom is -0.478 e. The molecule has 148 valence electrons. The standard InChI is InChI=1S/C18H24N2O6S/c1-11(2)17(22)20-6-4-12(5-7-20)16(21)19-14-8-13(18(23)24)9-15(10-14)27(3,25)26/h8-12H,4-7H2,1-3H3,(H,19,21)(H,23,24). The minimum absolute atomic E-state index is 0.0563. The first-order valence-corrected chi connectivity index (χ1v) is 10.6. The van der Waals surface area contributed by atoms with E-state index in [1.54, 1.807) is 4.90 Å². The molecule has 0 spiro atoms. The molecule has 1 fully saturated rings. The summed E-state index contributed by atoms with van der Waals surface area (Å²) in [6.07, 6.45) is 1.98. The van der Waals surface area contributed by atoms with Gasteiger partial charge in [0.05, 0.1) is 10.5 Å². The zero-order valence-corrected chi connectivity index (χ0v) is 16.4. The number of piperidine rings is 1. The van der Waals surface area contributed by atoms with Crippen LogP contribution >= 0.6 is 0 Å². The zero-order valence-electron chi connectivity index (χ0n) is 15.6. The van der Waals surface area contributed by atoms with E-state index >= 15 is 0 Å². The van der Waals surface area contributed by atoms with Gasteiger partial charge in [-0.3, -0.25) is 9.59 Å². The molecule has 0 aliphatic carbocycles. The first-order valence-electron chi connectivity index (χ1n) is 8.67. The summed E-state index contributed by atoms with van der Waals surface area (Å²) < 4.78 is 23.5. The van der Waals surface area contributed by atoms with Crippen molar-refractivity contribution in [3.8, 4) is 0 Å². The number of carbonyl (C=O) groups is 3. The molecular weight excluding hydrogens is 372 g/mol. The van der Waals surface area contributed by atoms with Crippen molar-refractivity contribution < 1.29 is 27.9 Å². The summed E-state index contributed by atoms with van der Waals surface area (Å²) in [5.74, 6) is -1.95. The summed E-state index contributed by atoms with van der Waals surface area (Å²) in [5.41, 5.74) is -0.0911. The molecule has 9 heteroatoms. The van der Waals surface area contributed by atoms with Gasteiger partial charge in [-0.1, -0.05) is 13.8 Å². The Balaban J connectivity index is 2.11. The number of hydrogen-bond donors (Lipinski definition) is 2. The Kier molecular flexibility index (Phi) is 6.25. The zero-order chi connectivity index (χ0) is 20.4. The molecule has 0 unspecified atom stereocenters. The van der Waals surface area contributed by atoms with Gasteiger partial charge in [-0.15, -0.1) is 0 Å². The molecule has 1 aromatic carbocycles. The average Bonchev–Trinajstić information content (AvgIpc) is 2.60. The Bertz CT molecular complexity index is 855. The number of nitrogens with zero attached hydrogens (tertiary/aromatic N) is 1. The van der Waals surface area contributed by atoms with Crippen LogP contribution in [0.3, 0.4) is 0 Å². The van der Waals surface area contributed by atoms with Gasteiger partial charge in [-0.25, -0.2) is 13.2 Å². The van der Waals surface area contributed by atoms with Gasteiger partial charge in [0.1, 0.15) is 0 Å².